The molecule has 1 N–H and O–H groups in total. The number of nitrogens with zero attached hydrogens (tertiary/aromatic N) is 4. The molecule has 0 aliphatic heterocycles. The first-order valence-corrected chi connectivity index (χ1v) is 7.82. The molecule has 0 amide bonds. The van der Waals surface area contributed by atoms with E-state index < -0.39 is 0 Å². The third-order valence-corrected chi connectivity index (χ3v) is 3.75. The Hall–Kier alpha value is -2.53. The van der Waals surface area contributed by atoms with E-state index in [1.807, 2.05) is 36.8 Å². The summed E-state index contributed by atoms with van der Waals surface area (Å²) >= 11 is 0. The monoisotopic (exact) mass is 307 g/mol. The van der Waals surface area contributed by atoms with Crippen LogP contribution < -0.4 is 0 Å². The molecule has 0 saturated heterocycles. The second-order valence-corrected chi connectivity index (χ2v) is 5.67. The first kappa shape index (κ1) is 15.4. The fourth-order valence-corrected chi connectivity index (χ4v) is 2.59. The van der Waals surface area contributed by atoms with Crippen LogP contribution in [0.2, 0.25) is 0 Å². The van der Waals surface area contributed by atoms with E-state index in [0.29, 0.717) is 0 Å². The van der Waals surface area contributed by atoms with Gasteiger partial charge in [0, 0.05) is 43.0 Å². The highest BCUT2D eigenvalue weighted by Gasteiger charge is 2.10. The zero-order valence-electron chi connectivity index (χ0n) is 13.5. The Morgan fingerprint density at radius 3 is 2.43 bits per heavy atom. The van der Waals surface area contributed by atoms with Crippen LogP contribution in [0.25, 0.3) is 11.3 Å². The van der Waals surface area contributed by atoms with E-state index in [0.717, 1.165) is 42.2 Å². The van der Waals surface area contributed by atoms with Crippen molar-refractivity contribution in [2.45, 2.75) is 26.4 Å². The van der Waals surface area contributed by atoms with Crippen molar-refractivity contribution in [1.82, 2.24) is 25.1 Å². The van der Waals surface area contributed by atoms with Gasteiger partial charge in [-0.3, -0.25) is 10.00 Å². The molecule has 2 heterocycles. The molecular weight excluding hydrogens is 286 g/mol. The molecule has 0 fully saturated rings. The van der Waals surface area contributed by atoms with Gasteiger partial charge >= 0.3 is 0 Å². The molecule has 0 radical (unpaired) electrons. The second kappa shape index (κ2) is 7.15. The lowest BCUT2D eigenvalue weighted by molar-refractivity contribution is 0.318. The summed E-state index contributed by atoms with van der Waals surface area (Å²) in [6.07, 6.45) is 6.59. The molecule has 0 spiro atoms. The van der Waals surface area contributed by atoms with Gasteiger partial charge in [-0.25, -0.2) is 9.97 Å². The Labute approximate surface area is 136 Å². The summed E-state index contributed by atoms with van der Waals surface area (Å²) in [5.41, 5.74) is 4.54. The summed E-state index contributed by atoms with van der Waals surface area (Å²) in [5.74, 6) is 0.887. The van der Waals surface area contributed by atoms with Crippen molar-refractivity contribution in [3.63, 3.8) is 0 Å². The van der Waals surface area contributed by atoms with Crippen LogP contribution in [-0.4, -0.2) is 32.1 Å². The Bertz CT molecular complexity index is 734. The minimum atomic E-state index is 0.809. The molecule has 23 heavy (non-hydrogen) atoms. The van der Waals surface area contributed by atoms with Gasteiger partial charge in [-0.2, -0.15) is 5.10 Å². The van der Waals surface area contributed by atoms with Crippen molar-refractivity contribution in [1.29, 1.82) is 0 Å². The Balaban J connectivity index is 1.68. The van der Waals surface area contributed by atoms with Crippen LogP contribution in [-0.2, 0) is 19.5 Å². The van der Waals surface area contributed by atoms with Gasteiger partial charge in [0.15, 0.2) is 0 Å². The van der Waals surface area contributed by atoms with Crippen molar-refractivity contribution < 1.29 is 0 Å². The van der Waals surface area contributed by atoms with Crippen LogP contribution in [0.4, 0.5) is 0 Å². The minimum absolute atomic E-state index is 0.809. The summed E-state index contributed by atoms with van der Waals surface area (Å²) in [6, 6.07) is 10.3. The molecule has 0 bridgehead atoms. The first-order valence-electron chi connectivity index (χ1n) is 7.82. The number of hydrogen-bond acceptors (Lipinski definition) is 4. The van der Waals surface area contributed by atoms with Crippen LogP contribution in [0.1, 0.15) is 23.9 Å². The lowest BCUT2D eigenvalue weighted by atomic mass is 10.1. The van der Waals surface area contributed by atoms with Gasteiger partial charge in [-0.05, 0) is 12.6 Å². The number of aromatic nitrogens is 4. The summed E-state index contributed by atoms with van der Waals surface area (Å²) < 4.78 is 0. The van der Waals surface area contributed by atoms with Crippen LogP contribution in [0.3, 0.4) is 0 Å². The maximum absolute atomic E-state index is 4.36. The Morgan fingerprint density at radius 1 is 1.00 bits per heavy atom. The summed E-state index contributed by atoms with van der Waals surface area (Å²) in [6.45, 7) is 3.69. The molecule has 0 unspecified atom stereocenters. The van der Waals surface area contributed by atoms with E-state index in [4.69, 9.17) is 0 Å². The van der Waals surface area contributed by atoms with Gasteiger partial charge in [0.2, 0.25) is 0 Å². The molecule has 0 aliphatic rings. The topological polar surface area (TPSA) is 57.7 Å². The second-order valence-electron chi connectivity index (χ2n) is 5.67. The third-order valence-electron chi connectivity index (χ3n) is 3.75. The number of nitrogens with one attached hydrogen (secondary N) is 1. The van der Waals surface area contributed by atoms with Crippen LogP contribution >= 0.6 is 0 Å². The molecule has 0 aliphatic carbocycles. The first-order chi connectivity index (χ1) is 11.3. The molecule has 118 valence electrons. The quantitative estimate of drug-likeness (QED) is 0.760. The standard InChI is InChI=1S/C18H21N5/c1-3-17-19-9-14(10-20-17)12-23(2)13-16-11-21-22-18(16)15-7-5-4-6-8-15/h4-11H,3,12-13H2,1-2H3,(H,21,22). The fraction of sp³-hybridized carbons (Fsp3) is 0.278. The zero-order chi connectivity index (χ0) is 16.1. The number of aryl methyl sites for hydroxylation is 1. The fourth-order valence-electron chi connectivity index (χ4n) is 2.59. The molecule has 3 aromatic rings. The highest BCUT2D eigenvalue weighted by Crippen LogP contribution is 2.21. The van der Waals surface area contributed by atoms with Crippen LogP contribution in [0.15, 0.2) is 48.9 Å². The predicted molar refractivity (Wildman–Crippen MR) is 90.6 cm³/mol. The largest absolute Gasteiger partial charge is 0.298 e. The highest BCUT2D eigenvalue weighted by atomic mass is 15.1. The Kier molecular flexibility index (Phi) is 4.78. The van der Waals surface area contributed by atoms with E-state index in [1.165, 1.54) is 5.56 Å². The third kappa shape index (κ3) is 3.81. The lowest BCUT2D eigenvalue weighted by Crippen LogP contribution is -2.17. The average molecular weight is 307 g/mol. The SMILES string of the molecule is CCc1ncc(CN(C)Cc2cn[nH]c2-c2ccccc2)cn1. The zero-order valence-corrected chi connectivity index (χ0v) is 13.5. The normalized spacial score (nSPS) is 11.1. The van der Waals surface area contributed by atoms with Gasteiger partial charge < -0.3 is 0 Å². The molecule has 0 saturated carbocycles. The van der Waals surface area contributed by atoms with E-state index >= 15 is 0 Å². The van der Waals surface area contributed by atoms with Crippen molar-refractivity contribution >= 4 is 0 Å². The maximum atomic E-state index is 4.36. The summed E-state index contributed by atoms with van der Waals surface area (Å²) in [4.78, 5) is 10.9. The molecule has 3 rings (SSSR count). The van der Waals surface area contributed by atoms with Crippen molar-refractivity contribution in [2.24, 2.45) is 0 Å². The Morgan fingerprint density at radius 2 is 1.74 bits per heavy atom. The van der Waals surface area contributed by atoms with E-state index in [9.17, 15) is 0 Å². The van der Waals surface area contributed by atoms with Crippen LogP contribution in [0, 0.1) is 0 Å². The maximum Gasteiger partial charge on any atom is 0.127 e. The number of aromatic amines is 1. The number of hydrogen-bond donors (Lipinski definition) is 1. The van der Waals surface area contributed by atoms with Crippen molar-refractivity contribution in [2.75, 3.05) is 7.05 Å². The number of benzene rings is 1. The average Bonchev–Trinajstić information content (AvgIpc) is 3.04. The lowest BCUT2D eigenvalue weighted by Gasteiger charge is -2.16. The van der Waals surface area contributed by atoms with Gasteiger partial charge in [0.25, 0.3) is 0 Å². The molecular formula is C18H21N5. The molecule has 0 atom stereocenters. The van der Waals surface area contributed by atoms with Gasteiger partial charge in [0.1, 0.15) is 5.82 Å². The molecule has 5 heteroatoms. The minimum Gasteiger partial charge on any atom is -0.298 e. The predicted octanol–water partition coefficient (Wildman–Crippen LogP) is 3.06. The van der Waals surface area contributed by atoms with Gasteiger partial charge in [-0.1, -0.05) is 37.3 Å². The summed E-state index contributed by atoms with van der Waals surface area (Å²) in [5, 5.41) is 7.31. The van der Waals surface area contributed by atoms with Crippen molar-refractivity contribution in [3.05, 3.63) is 65.9 Å². The van der Waals surface area contributed by atoms with Crippen molar-refractivity contribution in [3.8, 4) is 11.3 Å². The summed E-state index contributed by atoms with van der Waals surface area (Å²) in [7, 11) is 2.09. The van der Waals surface area contributed by atoms with E-state index in [2.05, 4.69) is 51.2 Å². The highest BCUT2D eigenvalue weighted by molar-refractivity contribution is 5.62. The smallest absolute Gasteiger partial charge is 0.127 e. The molecule has 1 aromatic carbocycles. The van der Waals surface area contributed by atoms with Gasteiger partial charge in [0.05, 0.1) is 11.9 Å². The van der Waals surface area contributed by atoms with E-state index in [1.54, 1.807) is 0 Å². The number of H-pyrrole nitrogens is 1. The van der Waals surface area contributed by atoms with Gasteiger partial charge in [-0.15, -0.1) is 0 Å². The number of rotatable bonds is 6. The van der Waals surface area contributed by atoms with Crippen LogP contribution in [0.5, 0.6) is 0 Å². The molecule has 2 aromatic heterocycles. The van der Waals surface area contributed by atoms with E-state index in [-0.39, 0.29) is 0 Å². The molecule has 5 nitrogen and oxygen atoms in total.